The van der Waals surface area contributed by atoms with E-state index in [1.807, 2.05) is 0 Å². The quantitative estimate of drug-likeness (QED) is 0.774. The van der Waals surface area contributed by atoms with Gasteiger partial charge in [-0.2, -0.15) is 0 Å². The van der Waals surface area contributed by atoms with Crippen LogP contribution in [0.25, 0.3) is 0 Å². The third-order valence-corrected chi connectivity index (χ3v) is 4.31. The molecule has 0 radical (unpaired) electrons. The maximum Gasteiger partial charge on any atom is 0.230 e. The number of nitrogens with zero attached hydrogens (tertiary/aromatic N) is 1. The van der Waals surface area contributed by atoms with Crippen molar-refractivity contribution < 1.29 is 4.79 Å². The van der Waals surface area contributed by atoms with Gasteiger partial charge in [-0.05, 0) is 31.1 Å². The predicted octanol–water partition coefficient (Wildman–Crippen LogP) is 1.62. The standard InChI is InChI=1S/C13H24N2O/c1-10-6-11(2)8-15(7-10)12(16)13(9-14)4-3-5-13/h10-11H,3-9,14H2,1-2H3. The predicted molar refractivity (Wildman–Crippen MR) is 64.9 cm³/mol. The second kappa shape index (κ2) is 4.36. The molecular formula is C13H24N2O. The second-order valence-corrected chi connectivity index (χ2v) is 5.99. The molecule has 2 rings (SSSR count). The number of carbonyl (C=O) groups excluding carboxylic acids is 1. The van der Waals surface area contributed by atoms with Crippen LogP contribution < -0.4 is 5.73 Å². The highest BCUT2D eigenvalue weighted by atomic mass is 16.2. The van der Waals surface area contributed by atoms with Crippen molar-refractivity contribution in [1.29, 1.82) is 0 Å². The lowest BCUT2D eigenvalue weighted by Gasteiger charge is -2.45. The van der Waals surface area contributed by atoms with Crippen LogP contribution in [0.3, 0.4) is 0 Å². The summed E-state index contributed by atoms with van der Waals surface area (Å²) < 4.78 is 0. The van der Waals surface area contributed by atoms with Gasteiger partial charge in [-0.3, -0.25) is 4.79 Å². The topological polar surface area (TPSA) is 46.3 Å². The Hall–Kier alpha value is -0.570. The Morgan fingerprint density at radius 1 is 1.31 bits per heavy atom. The van der Waals surface area contributed by atoms with Crippen molar-refractivity contribution in [2.24, 2.45) is 23.0 Å². The van der Waals surface area contributed by atoms with Crippen LogP contribution in [0, 0.1) is 17.3 Å². The molecule has 2 fully saturated rings. The smallest absolute Gasteiger partial charge is 0.230 e. The van der Waals surface area contributed by atoms with Gasteiger partial charge >= 0.3 is 0 Å². The summed E-state index contributed by atoms with van der Waals surface area (Å²) in [4.78, 5) is 14.5. The highest BCUT2D eigenvalue weighted by molar-refractivity contribution is 5.84. The lowest BCUT2D eigenvalue weighted by Crippen LogP contribution is -2.55. The van der Waals surface area contributed by atoms with E-state index in [0.717, 1.165) is 25.9 Å². The number of nitrogens with two attached hydrogens (primary N) is 1. The van der Waals surface area contributed by atoms with Gasteiger partial charge in [0.25, 0.3) is 0 Å². The van der Waals surface area contributed by atoms with E-state index in [0.29, 0.717) is 24.3 Å². The molecule has 2 N–H and O–H groups in total. The summed E-state index contributed by atoms with van der Waals surface area (Å²) in [7, 11) is 0. The monoisotopic (exact) mass is 224 g/mol. The van der Waals surface area contributed by atoms with Crippen LogP contribution in [0.1, 0.15) is 39.5 Å². The molecule has 0 aromatic carbocycles. The Labute approximate surface area is 98.4 Å². The molecule has 0 spiro atoms. The maximum absolute atomic E-state index is 12.5. The lowest BCUT2D eigenvalue weighted by molar-refractivity contribution is -0.149. The van der Waals surface area contributed by atoms with Gasteiger partial charge in [-0.15, -0.1) is 0 Å². The van der Waals surface area contributed by atoms with Crippen molar-refractivity contribution in [2.45, 2.75) is 39.5 Å². The van der Waals surface area contributed by atoms with Crippen LogP contribution >= 0.6 is 0 Å². The first-order chi connectivity index (χ1) is 7.57. The van der Waals surface area contributed by atoms with Crippen LogP contribution in [0.4, 0.5) is 0 Å². The fourth-order valence-corrected chi connectivity index (χ4v) is 3.27. The fourth-order valence-electron chi connectivity index (χ4n) is 3.27. The number of rotatable bonds is 2. The Bertz CT molecular complexity index is 258. The summed E-state index contributed by atoms with van der Waals surface area (Å²) in [6.07, 6.45) is 4.42. The highest BCUT2D eigenvalue weighted by Gasteiger charge is 2.45. The molecule has 3 nitrogen and oxygen atoms in total. The molecule has 1 heterocycles. The first-order valence-corrected chi connectivity index (χ1v) is 6.57. The molecule has 1 saturated carbocycles. The van der Waals surface area contributed by atoms with Gasteiger partial charge in [0.1, 0.15) is 0 Å². The van der Waals surface area contributed by atoms with E-state index in [4.69, 9.17) is 5.73 Å². The van der Waals surface area contributed by atoms with E-state index in [1.54, 1.807) is 0 Å². The largest absolute Gasteiger partial charge is 0.342 e. The molecule has 0 aromatic rings. The Kier molecular flexibility index (Phi) is 3.24. The van der Waals surface area contributed by atoms with Gasteiger partial charge < -0.3 is 10.6 Å². The SMILES string of the molecule is CC1CC(C)CN(C(=O)C2(CN)CCC2)C1. The molecule has 16 heavy (non-hydrogen) atoms. The minimum absolute atomic E-state index is 0.184. The number of carbonyl (C=O) groups is 1. The number of amides is 1. The molecule has 92 valence electrons. The molecule has 0 aromatic heterocycles. The van der Waals surface area contributed by atoms with Gasteiger partial charge in [0.2, 0.25) is 5.91 Å². The number of hydrogen-bond acceptors (Lipinski definition) is 2. The zero-order valence-electron chi connectivity index (χ0n) is 10.5. The average Bonchev–Trinajstić information content (AvgIpc) is 2.15. The Morgan fingerprint density at radius 3 is 2.25 bits per heavy atom. The zero-order valence-corrected chi connectivity index (χ0v) is 10.5. The van der Waals surface area contributed by atoms with E-state index < -0.39 is 0 Å². The molecular weight excluding hydrogens is 200 g/mol. The number of piperidine rings is 1. The van der Waals surface area contributed by atoms with Gasteiger partial charge in [0.15, 0.2) is 0 Å². The summed E-state index contributed by atoms with van der Waals surface area (Å²) in [5, 5.41) is 0. The molecule has 2 unspecified atom stereocenters. The van der Waals surface area contributed by atoms with Crippen LogP contribution in [0.15, 0.2) is 0 Å². The number of likely N-dealkylation sites (tertiary alicyclic amines) is 1. The molecule has 1 saturated heterocycles. The van der Waals surface area contributed by atoms with Gasteiger partial charge in [0.05, 0.1) is 5.41 Å². The molecule has 1 aliphatic heterocycles. The maximum atomic E-state index is 12.5. The second-order valence-electron chi connectivity index (χ2n) is 5.99. The average molecular weight is 224 g/mol. The first-order valence-electron chi connectivity index (χ1n) is 6.57. The molecule has 1 amide bonds. The van der Waals surface area contributed by atoms with E-state index in [2.05, 4.69) is 18.7 Å². The summed E-state index contributed by atoms with van der Waals surface area (Å²) >= 11 is 0. The molecule has 3 heteroatoms. The van der Waals surface area contributed by atoms with Gasteiger partial charge in [-0.25, -0.2) is 0 Å². The van der Waals surface area contributed by atoms with Crippen LogP contribution in [0.5, 0.6) is 0 Å². The zero-order chi connectivity index (χ0) is 11.8. The van der Waals surface area contributed by atoms with Crippen molar-refractivity contribution in [3.05, 3.63) is 0 Å². The van der Waals surface area contributed by atoms with E-state index in [1.165, 1.54) is 12.8 Å². The summed E-state index contributed by atoms with van der Waals surface area (Å²) in [6, 6.07) is 0. The first kappa shape index (κ1) is 11.9. The summed E-state index contributed by atoms with van der Waals surface area (Å²) in [6.45, 7) is 6.89. The Balaban J connectivity index is 2.03. The minimum Gasteiger partial charge on any atom is -0.342 e. The fraction of sp³-hybridized carbons (Fsp3) is 0.923. The van der Waals surface area contributed by atoms with Crippen LogP contribution in [-0.2, 0) is 4.79 Å². The van der Waals surface area contributed by atoms with E-state index >= 15 is 0 Å². The minimum atomic E-state index is -0.184. The highest BCUT2D eigenvalue weighted by Crippen LogP contribution is 2.42. The summed E-state index contributed by atoms with van der Waals surface area (Å²) in [5.41, 5.74) is 5.61. The molecule has 1 aliphatic carbocycles. The third-order valence-electron chi connectivity index (χ3n) is 4.31. The van der Waals surface area contributed by atoms with Crippen molar-refractivity contribution in [1.82, 2.24) is 4.90 Å². The lowest BCUT2D eigenvalue weighted by atomic mass is 9.67. The van der Waals surface area contributed by atoms with E-state index in [-0.39, 0.29) is 5.41 Å². The molecule has 0 bridgehead atoms. The van der Waals surface area contributed by atoms with Gasteiger partial charge in [-0.1, -0.05) is 20.3 Å². The van der Waals surface area contributed by atoms with Crippen molar-refractivity contribution >= 4 is 5.91 Å². The number of hydrogen-bond donors (Lipinski definition) is 1. The molecule has 2 atom stereocenters. The molecule has 2 aliphatic rings. The normalized spacial score (nSPS) is 33.3. The van der Waals surface area contributed by atoms with Crippen molar-refractivity contribution in [2.75, 3.05) is 19.6 Å². The van der Waals surface area contributed by atoms with Crippen LogP contribution in [-0.4, -0.2) is 30.4 Å². The third kappa shape index (κ3) is 1.97. The van der Waals surface area contributed by atoms with E-state index in [9.17, 15) is 4.79 Å². The van der Waals surface area contributed by atoms with Crippen LogP contribution in [0.2, 0.25) is 0 Å². The van der Waals surface area contributed by atoms with Crippen molar-refractivity contribution in [3.63, 3.8) is 0 Å². The Morgan fingerprint density at radius 2 is 1.88 bits per heavy atom. The van der Waals surface area contributed by atoms with Crippen molar-refractivity contribution in [3.8, 4) is 0 Å². The summed E-state index contributed by atoms with van der Waals surface area (Å²) in [5.74, 6) is 1.62. The van der Waals surface area contributed by atoms with Gasteiger partial charge in [0, 0.05) is 19.6 Å².